The van der Waals surface area contributed by atoms with E-state index in [4.69, 9.17) is 0 Å². The number of nitrogens with one attached hydrogen (secondary N) is 2. The second-order valence-corrected chi connectivity index (χ2v) is 7.66. The zero-order valence-electron chi connectivity index (χ0n) is 13.7. The summed E-state index contributed by atoms with van der Waals surface area (Å²) in [6.45, 7) is 3.21. The number of hydrazine groups is 1. The first kappa shape index (κ1) is 18.8. The molecule has 0 radical (unpaired) electrons. The Bertz CT molecular complexity index is 807. The van der Waals surface area contributed by atoms with Crippen LogP contribution in [0.2, 0.25) is 0 Å². The van der Waals surface area contributed by atoms with Gasteiger partial charge in [0.1, 0.15) is 5.54 Å². The molecule has 0 unspecified atom stereocenters. The van der Waals surface area contributed by atoms with Crippen LogP contribution in [0.3, 0.4) is 0 Å². The summed E-state index contributed by atoms with van der Waals surface area (Å²) in [5, 5.41) is 13.5. The Morgan fingerprint density at radius 1 is 1.28 bits per heavy atom. The van der Waals surface area contributed by atoms with Gasteiger partial charge in [0, 0.05) is 12.1 Å². The molecule has 25 heavy (non-hydrogen) atoms. The van der Waals surface area contributed by atoms with Crippen LogP contribution >= 0.6 is 0 Å². The van der Waals surface area contributed by atoms with Crippen LogP contribution in [0, 0.1) is 10.1 Å². The number of urea groups is 1. The van der Waals surface area contributed by atoms with Crippen molar-refractivity contribution in [1.82, 2.24) is 15.2 Å². The number of nitro benzene ring substituents is 1. The van der Waals surface area contributed by atoms with Crippen LogP contribution in [0.5, 0.6) is 0 Å². The van der Waals surface area contributed by atoms with Gasteiger partial charge in [-0.15, -0.1) is 4.83 Å². The normalized spacial score (nSPS) is 20.6. The lowest BCUT2D eigenvalue weighted by atomic mass is 10.00. The van der Waals surface area contributed by atoms with E-state index in [-0.39, 0.29) is 17.9 Å². The van der Waals surface area contributed by atoms with E-state index in [0.717, 1.165) is 0 Å². The molecule has 1 heterocycles. The fourth-order valence-corrected chi connectivity index (χ4v) is 3.27. The molecule has 11 heteroatoms. The summed E-state index contributed by atoms with van der Waals surface area (Å²) >= 11 is 0. The summed E-state index contributed by atoms with van der Waals surface area (Å²) in [6, 6.07) is 4.64. The van der Waals surface area contributed by atoms with Gasteiger partial charge >= 0.3 is 6.03 Å². The van der Waals surface area contributed by atoms with E-state index in [1.165, 1.54) is 31.2 Å². The summed E-state index contributed by atoms with van der Waals surface area (Å²) in [5.41, 5.74) is -0.660. The number of rotatable bonds is 7. The maximum absolute atomic E-state index is 12.2. The Labute approximate surface area is 144 Å². The third kappa shape index (κ3) is 4.12. The average Bonchev–Trinajstić information content (AvgIpc) is 2.77. The van der Waals surface area contributed by atoms with Crippen molar-refractivity contribution in [3.05, 3.63) is 39.9 Å². The van der Waals surface area contributed by atoms with Crippen molar-refractivity contribution in [2.45, 2.75) is 32.2 Å². The maximum Gasteiger partial charge on any atom is 0.340 e. The Balaban J connectivity index is 2.01. The topological polar surface area (TPSA) is 139 Å². The first-order valence-electron chi connectivity index (χ1n) is 7.48. The van der Waals surface area contributed by atoms with Crippen molar-refractivity contribution in [2.75, 3.05) is 5.75 Å². The zero-order valence-corrected chi connectivity index (χ0v) is 14.5. The third-order valence-electron chi connectivity index (χ3n) is 4.01. The van der Waals surface area contributed by atoms with Crippen molar-refractivity contribution in [3.8, 4) is 0 Å². The van der Waals surface area contributed by atoms with E-state index < -0.39 is 32.4 Å². The van der Waals surface area contributed by atoms with Gasteiger partial charge in [-0.25, -0.2) is 13.2 Å². The number of imide groups is 1. The van der Waals surface area contributed by atoms with Gasteiger partial charge in [0.2, 0.25) is 10.0 Å². The molecule has 0 spiro atoms. The van der Waals surface area contributed by atoms with Crippen LogP contribution in [0.4, 0.5) is 10.5 Å². The average molecular weight is 370 g/mol. The van der Waals surface area contributed by atoms with Crippen LogP contribution in [-0.2, 0) is 21.2 Å². The van der Waals surface area contributed by atoms with E-state index in [9.17, 15) is 28.1 Å². The Morgan fingerprint density at radius 2 is 1.88 bits per heavy atom. The Kier molecular flexibility index (Phi) is 5.09. The molecular formula is C14H18N4O6S. The summed E-state index contributed by atoms with van der Waals surface area (Å²) in [4.78, 5) is 36.0. The monoisotopic (exact) mass is 370 g/mol. The molecule has 1 saturated heterocycles. The number of hydrogen-bond donors (Lipinski definition) is 2. The highest BCUT2D eigenvalue weighted by Crippen LogP contribution is 2.19. The van der Waals surface area contributed by atoms with Crippen LogP contribution in [-0.4, -0.2) is 41.6 Å². The molecule has 1 aromatic rings. The molecule has 1 aliphatic heterocycles. The molecule has 2 rings (SSSR count). The molecule has 0 bridgehead atoms. The summed E-state index contributed by atoms with van der Waals surface area (Å²) in [5.74, 6) is -1.05. The smallest absolute Gasteiger partial charge is 0.322 e. The molecule has 1 aliphatic rings. The third-order valence-corrected chi connectivity index (χ3v) is 5.21. The van der Waals surface area contributed by atoms with Crippen LogP contribution < -0.4 is 10.1 Å². The van der Waals surface area contributed by atoms with Crippen molar-refractivity contribution in [2.24, 2.45) is 0 Å². The molecule has 3 amide bonds. The summed E-state index contributed by atoms with van der Waals surface area (Å²) in [7, 11) is -3.95. The van der Waals surface area contributed by atoms with Gasteiger partial charge in [-0.1, -0.05) is 19.1 Å². The lowest BCUT2D eigenvalue weighted by Gasteiger charge is -2.19. The van der Waals surface area contributed by atoms with Gasteiger partial charge in [-0.2, -0.15) is 5.01 Å². The maximum atomic E-state index is 12.2. The zero-order chi connectivity index (χ0) is 18.8. The minimum Gasteiger partial charge on any atom is -0.322 e. The molecule has 136 valence electrons. The minimum absolute atomic E-state index is 0.0715. The number of carbonyl (C=O) groups excluding carboxylic acids is 2. The first-order chi connectivity index (χ1) is 11.6. The number of aryl methyl sites for hydroxylation is 1. The Morgan fingerprint density at radius 3 is 2.36 bits per heavy atom. The molecular weight excluding hydrogens is 352 g/mol. The predicted molar refractivity (Wildman–Crippen MR) is 87.8 cm³/mol. The highest BCUT2D eigenvalue weighted by atomic mass is 32.2. The van der Waals surface area contributed by atoms with E-state index in [2.05, 4.69) is 5.32 Å². The lowest BCUT2D eigenvalue weighted by Crippen LogP contribution is -2.49. The predicted octanol–water partition coefficient (Wildman–Crippen LogP) is 0.692. The fraction of sp³-hybridized carbons (Fsp3) is 0.429. The van der Waals surface area contributed by atoms with Crippen molar-refractivity contribution in [3.63, 3.8) is 0 Å². The summed E-state index contributed by atoms with van der Waals surface area (Å²) < 4.78 is 24.3. The number of non-ortho nitro benzene ring substituents is 1. The number of hydrogen-bond acceptors (Lipinski definition) is 6. The molecule has 1 fully saturated rings. The number of nitro groups is 1. The second-order valence-electron chi connectivity index (χ2n) is 5.84. The highest BCUT2D eigenvalue weighted by Gasteiger charge is 2.48. The van der Waals surface area contributed by atoms with Crippen molar-refractivity contribution < 1.29 is 22.9 Å². The molecule has 1 atom stereocenters. The van der Waals surface area contributed by atoms with Gasteiger partial charge < -0.3 is 5.32 Å². The van der Waals surface area contributed by atoms with E-state index in [0.29, 0.717) is 17.0 Å². The van der Waals surface area contributed by atoms with E-state index >= 15 is 0 Å². The number of carbonyl (C=O) groups is 2. The van der Waals surface area contributed by atoms with Gasteiger partial charge in [0.25, 0.3) is 11.6 Å². The number of sulfonamides is 1. The quantitative estimate of drug-likeness (QED) is 0.411. The minimum atomic E-state index is -3.95. The van der Waals surface area contributed by atoms with Gasteiger partial charge in [0.15, 0.2) is 0 Å². The van der Waals surface area contributed by atoms with Crippen LogP contribution in [0.15, 0.2) is 24.3 Å². The van der Waals surface area contributed by atoms with Crippen molar-refractivity contribution >= 4 is 27.6 Å². The SMILES string of the molecule is CC[C@@]1(C)NC(=O)N(NS(=O)(=O)CCc2ccc([N+](=O)[O-])cc2)C1=O. The van der Waals surface area contributed by atoms with E-state index in [1.54, 1.807) is 6.92 Å². The molecule has 0 aromatic heterocycles. The number of benzene rings is 1. The number of amides is 3. The Hall–Kier alpha value is -2.53. The number of nitrogens with zero attached hydrogens (tertiary/aromatic N) is 2. The van der Waals surface area contributed by atoms with Gasteiger partial charge in [-0.05, 0) is 25.3 Å². The molecule has 0 aliphatic carbocycles. The van der Waals surface area contributed by atoms with Crippen LogP contribution in [0.1, 0.15) is 25.8 Å². The fourth-order valence-electron chi connectivity index (χ4n) is 2.23. The van der Waals surface area contributed by atoms with Gasteiger partial charge in [-0.3, -0.25) is 14.9 Å². The molecule has 1 aromatic carbocycles. The molecule has 2 N–H and O–H groups in total. The van der Waals surface area contributed by atoms with Gasteiger partial charge in [0.05, 0.1) is 10.7 Å². The van der Waals surface area contributed by atoms with Crippen LogP contribution in [0.25, 0.3) is 0 Å². The van der Waals surface area contributed by atoms with E-state index in [1.807, 2.05) is 4.83 Å². The first-order valence-corrected chi connectivity index (χ1v) is 9.13. The van der Waals surface area contributed by atoms with Crippen molar-refractivity contribution in [1.29, 1.82) is 0 Å². The highest BCUT2D eigenvalue weighted by molar-refractivity contribution is 7.89. The molecule has 0 saturated carbocycles. The molecule has 10 nitrogen and oxygen atoms in total. The lowest BCUT2D eigenvalue weighted by molar-refractivity contribution is -0.384. The second kappa shape index (κ2) is 6.76. The standard InChI is InChI=1S/C14H18N4O6S/c1-3-14(2)12(19)17(13(20)15-14)16-25(23,24)9-8-10-4-6-11(7-5-10)18(21)22/h4-7,16H,3,8-9H2,1-2H3,(H,15,20)/t14-/m1/s1. The largest absolute Gasteiger partial charge is 0.340 e. The summed E-state index contributed by atoms with van der Waals surface area (Å²) in [6.07, 6.45) is 0.390.